The van der Waals surface area contributed by atoms with Gasteiger partial charge in [-0.15, -0.1) is 0 Å². The Morgan fingerprint density at radius 3 is 2.67 bits per heavy atom. The maximum Gasteiger partial charge on any atom is 0.158 e. The van der Waals surface area contributed by atoms with Crippen LogP contribution in [0, 0.1) is 6.92 Å². The molecule has 1 N–H and O–H groups in total. The van der Waals surface area contributed by atoms with E-state index in [1.807, 2.05) is 30.2 Å². The molecule has 3 aromatic heterocycles. The molecule has 0 aliphatic rings. The molecule has 126 valence electrons. The van der Waals surface area contributed by atoms with Crippen LogP contribution >= 0.6 is 0 Å². The van der Waals surface area contributed by atoms with E-state index in [0.717, 1.165) is 64.8 Å². The van der Waals surface area contributed by atoms with Gasteiger partial charge < -0.3 is 5.11 Å². The Morgan fingerprint density at radius 2 is 2.00 bits per heavy atom. The standard InChI is InChI=1S/C19H24N4O/c1-4-6-7-17-16(12-24)18(14-8-13(3)9-20-10-14)15-11-21-23(5-2)19(15)22-17/h8-11,24H,4-7,12H2,1-3H3. The number of aliphatic hydroxyl groups is 1. The molecule has 5 heteroatoms. The van der Waals surface area contributed by atoms with Gasteiger partial charge in [-0.3, -0.25) is 4.98 Å². The van der Waals surface area contributed by atoms with Crippen molar-refractivity contribution in [2.24, 2.45) is 0 Å². The molecule has 0 radical (unpaired) electrons. The van der Waals surface area contributed by atoms with Gasteiger partial charge in [0.15, 0.2) is 5.65 Å². The maximum atomic E-state index is 10.1. The number of hydrogen-bond donors (Lipinski definition) is 1. The number of hydrogen-bond acceptors (Lipinski definition) is 4. The second kappa shape index (κ2) is 7.09. The first kappa shape index (κ1) is 16.6. The summed E-state index contributed by atoms with van der Waals surface area (Å²) < 4.78 is 1.92. The van der Waals surface area contributed by atoms with Crippen LogP contribution in [-0.2, 0) is 19.6 Å². The van der Waals surface area contributed by atoms with E-state index in [-0.39, 0.29) is 6.61 Å². The molecule has 5 nitrogen and oxygen atoms in total. The molecule has 0 atom stereocenters. The number of aryl methyl sites for hydroxylation is 3. The van der Waals surface area contributed by atoms with Crippen molar-refractivity contribution in [2.75, 3.05) is 0 Å². The summed E-state index contributed by atoms with van der Waals surface area (Å²) in [5, 5.41) is 15.5. The van der Waals surface area contributed by atoms with Crippen molar-refractivity contribution in [3.05, 3.63) is 41.5 Å². The zero-order valence-electron chi connectivity index (χ0n) is 14.6. The molecular formula is C19H24N4O. The van der Waals surface area contributed by atoms with Crippen molar-refractivity contribution < 1.29 is 5.11 Å². The van der Waals surface area contributed by atoms with Crippen LogP contribution in [-0.4, -0.2) is 24.9 Å². The van der Waals surface area contributed by atoms with E-state index in [9.17, 15) is 5.11 Å². The number of aliphatic hydroxyl groups excluding tert-OH is 1. The number of pyridine rings is 2. The first-order valence-corrected chi connectivity index (χ1v) is 8.59. The van der Waals surface area contributed by atoms with Crippen LogP contribution in [0.15, 0.2) is 24.7 Å². The van der Waals surface area contributed by atoms with Gasteiger partial charge in [-0.1, -0.05) is 13.3 Å². The first-order chi connectivity index (χ1) is 11.7. The molecule has 3 aromatic rings. The van der Waals surface area contributed by atoms with Crippen LogP contribution in [0.4, 0.5) is 0 Å². The lowest BCUT2D eigenvalue weighted by Crippen LogP contribution is -2.05. The number of nitrogens with zero attached hydrogens (tertiary/aromatic N) is 4. The smallest absolute Gasteiger partial charge is 0.158 e. The molecule has 3 heterocycles. The van der Waals surface area contributed by atoms with Gasteiger partial charge >= 0.3 is 0 Å². The summed E-state index contributed by atoms with van der Waals surface area (Å²) in [6.45, 7) is 7.00. The third-order valence-corrected chi connectivity index (χ3v) is 4.36. The van der Waals surface area contributed by atoms with E-state index in [2.05, 4.69) is 30.0 Å². The number of rotatable bonds is 6. The Kier molecular flexibility index (Phi) is 4.90. The summed E-state index contributed by atoms with van der Waals surface area (Å²) >= 11 is 0. The van der Waals surface area contributed by atoms with Crippen molar-refractivity contribution in [1.82, 2.24) is 19.7 Å². The third-order valence-electron chi connectivity index (χ3n) is 4.36. The molecule has 0 aromatic carbocycles. The molecule has 24 heavy (non-hydrogen) atoms. The van der Waals surface area contributed by atoms with Gasteiger partial charge in [0.1, 0.15) is 0 Å². The molecule has 0 spiro atoms. The van der Waals surface area contributed by atoms with Crippen molar-refractivity contribution in [2.45, 2.75) is 53.2 Å². The zero-order chi connectivity index (χ0) is 17.1. The van der Waals surface area contributed by atoms with Gasteiger partial charge in [0.25, 0.3) is 0 Å². The first-order valence-electron chi connectivity index (χ1n) is 8.59. The molecule has 0 saturated heterocycles. The van der Waals surface area contributed by atoms with Crippen LogP contribution < -0.4 is 0 Å². The van der Waals surface area contributed by atoms with Crippen LogP contribution in [0.3, 0.4) is 0 Å². The summed E-state index contributed by atoms with van der Waals surface area (Å²) in [6, 6.07) is 2.10. The number of aromatic nitrogens is 4. The van der Waals surface area contributed by atoms with Crippen LogP contribution in [0.5, 0.6) is 0 Å². The second-order valence-corrected chi connectivity index (χ2v) is 6.12. The Labute approximate surface area is 142 Å². The highest BCUT2D eigenvalue weighted by molar-refractivity contribution is 5.94. The Balaban J connectivity index is 2.32. The third kappa shape index (κ3) is 2.91. The molecule has 0 unspecified atom stereocenters. The van der Waals surface area contributed by atoms with E-state index in [1.54, 1.807) is 0 Å². The van der Waals surface area contributed by atoms with Gasteiger partial charge in [-0.25, -0.2) is 9.67 Å². The van der Waals surface area contributed by atoms with Crippen LogP contribution in [0.2, 0.25) is 0 Å². The zero-order valence-corrected chi connectivity index (χ0v) is 14.6. The largest absolute Gasteiger partial charge is 0.392 e. The molecule has 0 bridgehead atoms. The number of fused-ring (bicyclic) bond motifs is 1. The average molecular weight is 324 g/mol. The molecular weight excluding hydrogens is 300 g/mol. The molecule has 3 rings (SSSR count). The summed E-state index contributed by atoms with van der Waals surface area (Å²) in [5.41, 5.74) is 5.89. The van der Waals surface area contributed by atoms with Gasteiger partial charge in [0.2, 0.25) is 0 Å². The summed E-state index contributed by atoms with van der Waals surface area (Å²) in [6.07, 6.45) is 8.56. The van der Waals surface area contributed by atoms with E-state index in [1.165, 1.54) is 0 Å². The molecule has 0 saturated carbocycles. The minimum Gasteiger partial charge on any atom is -0.392 e. The van der Waals surface area contributed by atoms with E-state index >= 15 is 0 Å². The highest BCUT2D eigenvalue weighted by atomic mass is 16.3. The fourth-order valence-corrected chi connectivity index (χ4v) is 3.15. The fourth-order valence-electron chi connectivity index (χ4n) is 3.15. The average Bonchev–Trinajstić information content (AvgIpc) is 3.00. The van der Waals surface area contributed by atoms with Crippen molar-refractivity contribution in [1.29, 1.82) is 0 Å². The molecule has 0 aliphatic heterocycles. The molecule has 0 fully saturated rings. The summed E-state index contributed by atoms with van der Waals surface area (Å²) in [5.74, 6) is 0. The topological polar surface area (TPSA) is 63.8 Å². The van der Waals surface area contributed by atoms with Gasteiger partial charge in [0.05, 0.1) is 12.8 Å². The summed E-state index contributed by atoms with van der Waals surface area (Å²) in [4.78, 5) is 9.18. The predicted molar refractivity (Wildman–Crippen MR) is 95.7 cm³/mol. The normalized spacial score (nSPS) is 11.3. The highest BCUT2D eigenvalue weighted by Gasteiger charge is 2.19. The van der Waals surface area contributed by atoms with Crippen molar-refractivity contribution in [3.63, 3.8) is 0 Å². The van der Waals surface area contributed by atoms with E-state index in [4.69, 9.17) is 4.98 Å². The predicted octanol–water partition coefficient (Wildman–Crippen LogP) is 3.66. The van der Waals surface area contributed by atoms with E-state index < -0.39 is 0 Å². The van der Waals surface area contributed by atoms with Crippen molar-refractivity contribution >= 4 is 11.0 Å². The van der Waals surface area contributed by atoms with Crippen molar-refractivity contribution in [3.8, 4) is 11.1 Å². The highest BCUT2D eigenvalue weighted by Crippen LogP contribution is 2.33. The quantitative estimate of drug-likeness (QED) is 0.751. The molecule has 0 amide bonds. The minimum atomic E-state index is -0.0252. The number of unbranched alkanes of at least 4 members (excludes halogenated alkanes) is 1. The second-order valence-electron chi connectivity index (χ2n) is 6.12. The monoisotopic (exact) mass is 324 g/mol. The minimum absolute atomic E-state index is 0.0252. The van der Waals surface area contributed by atoms with Gasteiger partial charge in [-0.2, -0.15) is 5.10 Å². The Morgan fingerprint density at radius 1 is 1.17 bits per heavy atom. The fraction of sp³-hybridized carbons (Fsp3) is 0.421. The Hall–Kier alpha value is -2.27. The summed E-state index contributed by atoms with van der Waals surface area (Å²) in [7, 11) is 0. The lowest BCUT2D eigenvalue weighted by molar-refractivity contribution is 0.280. The lowest BCUT2D eigenvalue weighted by atomic mass is 9.95. The maximum absolute atomic E-state index is 10.1. The van der Waals surface area contributed by atoms with Crippen LogP contribution in [0.1, 0.15) is 43.5 Å². The van der Waals surface area contributed by atoms with Gasteiger partial charge in [0, 0.05) is 46.7 Å². The SMILES string of the molecule is CCCCc1nc2c(cnn2CC)c(-c2cncc(C)c2)c1CO. The Bertz CT molecular complexity index is 854. The van der Waals surface area contributed by atoms with Gasteiger partial charge in [-0.05, 0) is 38.3 Å². The lowest BCUT2D eigenvalue weighted by Gasteiger charge is -2.15. The van der Waals surface area contributed by atoms with E-state index in [0.29, 0.717) is 0 Å². The molecule has 0 aliphatic carbocycles. The van der Waals surface area contributed by atoms with Crippen LogP contribution in [0.25, 0.3) is 22.2 Å².